The second-order valence-corrected chi connectivity index (χ2v) is 4.43. The number of nitrogens with zero attached hydrogens (tertiary/aromatic N) is 2. The first-order valence-electron chi connectivity index (χ1n) is 6.13. The second-order valence-electron chi connectivity index (χ2n) is 4.43. The predicted molar refractivity (Wildman–Crippen MR) is 63.2 cm³/mol. The van der Waals surface area contributed by atoms with Crippen molar-refractivity contribution in [3.05, 3.63) is 18.0 Å². The predicted octanol–water partition coefficient (Wildman–Crippen LogP) is 1.56. The van der Waals surface area contributed by atoms with Crippen LogP contribution in [0.25, 0.3) is 0 Å². The molecule has 0 radical (unpaired) electrons. The van der Waals surface area contributed by atoms with Gasteiger partial charge in [0.25, 0.3) is 0 Å². The van der Waals surface area contributed by atoms with Gasteiger partial charge < -0.3 is 10.1 Å². The Morgan fingerprint density at radius 3 is 3.12 bits per heavy atom. The van der Waals surface area contributed by atoms with E-state index in [1.54, 1.807) is 7.11 Å². The normalized spacial score (nSPS) is 15.6. The van der Waals surface area contributed by atoms with Crippen LogP contribution in [0.5, 0.6) is 0 Å². The molecule has 4 nitrogen and oxygen atoms in total. The van der Waals surface area contributed by atoms with E-state index in [-0.39, 0.29) is 0 Å². The Morgan fingerprint density at radius 1 is 1.50 bits per heavy atom. The van der Waals surface area contributed by atoms with Crippen molar-refractivity contribution in [2.45, 2.75) is 44.8 Å². The topological polar surface area (TPSA) is 39.1 Å². The largest absolute Gasteiger partial charge is 0.385 e. The minimum atomic E-state index is 0.756. The Balaban J connectivity index is 1.64. The quantitative estimate of drug-likeness (QED) is 0.680. The summed E-state index contributed by atoms with van der Waals surface area (Å²) in [7, 11) is 1.75. The summed E-state index contributed by atoms with van der Waals surface area (Å²) in [6.07, 6.45) is 6.96. The summed E-state index contributed by atoms with van der Waals surface area (Å²) >= 11 is 0. The maximum Gasteiger partial charge on any atom is 0.0762 e. The molecule has 1 N–H and O–H groups in total. The molecule has 1 fully saturated rings. The number of hydrogen-bond donors (Lipinski definition) is 1. The molecule has 4 heteroatoms. The van der Waals surface area contributed by atoms with Gasteiger partial charge in [-0.25, -0.2) is 0 Å². The monoisotopic (exact) mass is 223 g/mol. The fourth-order valence-corrected chi connectivity index (χ4v) is 1.68. The Kier molecular flexibility index (Phi) is 4.36. The Bertz CT molecular complexity index is 307. The van der Waals surface area contributed by atoms with Gasteiger partial charge in [-0.3, -0.25) is 4.68 Å². The van der Waals surface area contributed by atoms with E-state index in [2.05, 4.69) is 22.7 Å². The molecule has 0 aliphatic heterocycles. The van der Waals surface area contributed by atoms with Crippen LogP contribution in [-0.4, -0.2) is 29.5 Å². The number of ether oxygens (including phenoxy) is 1. The molecule has 0 saturated heterocycles. The molecule has 16 heavy (non-hydrogen) atoms. The Morgan fingerprint density at radius 2 is 2.38 bits per heavy atom. The van der Waals surface area contributed by atoms with Crippen LogP contribution in [0.2, 0.25) is 0 Å². The molecule has 1 saturated carbocycles. The van der Waals surface area contributed by atoms with Crippen molar-refractivity contribution >= 4 is 0 Å². The average molecular weight is 223 g/mol. The first kappa shape index (κ1) is 11.6. The molecule has 90 valence electrons. The lowest BCUT2D eigenvalue weighted by Gasteiger charge is -2.01. The summed E-state index contributed by atoms with van der Waals surface area (Å²) in [6.45, 7) is 2.75. The summed E-state index contributed by atoms with van der Waals surface area (Å²) in [6, 6.07) is 2.86. The molecular formula is C12H21N3O. The fraction of sp³-hybridized carbons (Fsp3) is 0.750. The van der Waals surface area contributed by atoms with Crippen LogP contribution in [0, 0.1) is 0 Å². The number of aromatic nitrogens is 2. The number of rotatable bonds is 8. The minimum Gasteiger partial charge on any atom is -0.385 e. The number of aryl methyl sites for hydroxylation is 1. The van der Waals surface area contributed by atoms with Crippen LogP contribution in [0.15, 0.2) is 12.3 Å². The number of methoxy groups -OCH3 is 1. The van der Waals surface area contributed by atoms with Crippen LogP contribution in [0.3, 0.4) is 0 Å². The van der Waals surface area contributed by atoms with E-state index in [0.717, 1.165) is 44.3 Å². The average Bonchev–Trinajstić information content (AvgIpc) is 3.02. The molecule has 1 heterocycles. The first-order chi connectivity index (χ1) is 7.88. The van der Waals surface area contributed by atoms with Gasteiger partial charge in [0.15, 0.2) is 0 Å². The molecule has 2 rings (SSSR count). The van der Waals surface area contributed by atoms with Gasteiger partial charge in [-0.2, -0.15) is 5.10 Å². The Labute approximate surface area is 97.0 Å². The molecule has 1 aromatic heterocycles. The van der Waals surface area contributed by atoms with Crippen LogP contribution in [-0.2, 0) is 17.8 Å². The van der Waals surface area contributed by atoms with Gasteiger partial charge in [0.2, 0.25) is 0 Å². The lowest BCUT2D eigenvalue weighted by atomic mass is 10.3. The maximum atomic E-state index is 5.02. The summed E-state index contributed by atoms with van der Waals surface area (Å²) in [5.74, 6) is 0. The highest BCUT2D eigenvalue weighted by Gasteiger charge is 2.20. The van der Waals surface area contributed by atoms with E-state index in [4.69, 9.17) is 4.74 Å². The zero-order valence-electron chi connectivity index (χ0n) is 9.98. The highest BCUT2D eigenvalue weighted by Crippen LogP contribution is 2.18. The lowest BCUT2D eigenvalue weighted by Crippen LogP contribution is -2.15. The summed E-state index contributed by atoms with van der Waals surface area (Å²) < 4.78 is 7.04. The molecule has 0 amide bonds. The summed E-state index contributed by atoms with van der Waals surface area (Å²) in [5.41, 5.74) is 1.15. The first-order valence-corrected chi connectivity index (χ1v) is 6.13. The molecule has 1 aliphatic carbocycles. The van der Waals surface area contributed by atoms with E-state index >= 15 is 0 Å². The second kappa shape index (κ2) is 6.01. The van der Waals surface area contributed by atoms with Crippen LogP contribution >= 0.6 is 0 Å². The third kappa shape index (κ3) is 3.94. The van der Waals surface area contributed by atoms with Crippen LogP contribution in [0.1, 0.15) is 31.4 Å². The van der Waals surface area contributed by atoms with Gasteiger partial charge in [-0.05, 0) is 31.7 Å². The van der Waals surface area contributed by atoms with Gasteiger partial charge >= 0.3 is 0 Å². The van der Waals surface area contributed by atoms with Gasteiger partial charge in [0, 0.05) is 39.0 Å². The molecule has 0 atom stereocenters. The standard InChI is InChI=1S/C12H21N3O/c1-16-9-3-2-7-15-8-6-12(14-15)10-13-11-4-5-11/h6,8,11,13H,2-5,7,9-10H2,1H3. The third-order valence-electron chi connectivity index (χ3n) is 2.83. The summed E-state index contributed by atoms with van der Waals surface area (Å²) in [4.78, 5) is 0. The highest BCUT2D eigenvalue weighted by atomic mass is 16.5. The molecule has 0 aromatic carbocycles. The SMILES string of the molecule is COCCCCn1ccc(CNC2CC2)n1. The number of nitrogens with one attached hydrogen (secondary N) is 1. The third-order valence-corrected chi connectivity index (χ3v) is 2.83. The van der Waals surface area contributed by atoms with Crippen molar-refractivity contribution in [1.29, 1.82) is 0 Å². The van der Waals surface area contributed by atoms with Crippen molar-refractivity contribution in [3.8, 4) is 0 Å². The van der Waals surface area contributed by atoms with Gasteiger partial charge in [0.05, 0.1) is 5.69 Å². The highest BCUT2D eigenvalue weighted by molar-refractivity contribution is 4.99. The van der Waals surface area contributed by atoms with Crippen molar-refractivity contribution < 1.29 is 4.74 Å². The van der Waals surface area contributed by atoms with Crippen LogP contribution in [0.4, 0.5) is 0 Å². The molecule has 0 spiro atoms. The van der Waals surface area contributed by atoms with Crippen molar-refractivity contribution in [2.75, 3.05) is 13.7 Å². The van der Waals surface area contributed by atoms with E-state index < -0.39 is 0 Å². The zero-order valence-corrected chi connectivity index (χ0v) is 9.98. The number of unbranched alkanes of at least 4 members (excludes halogenated alkanes) is 1. The smallest absolute Gasteiger partial charge is 0.0762 e. The van der Waals surface area contributed by atoms with Gasteiger partial charge in [-0.1, -0.05) is 0 Å². The van der Waals surface area contributed by atoms with E-state index in [0.29, 0.717) is 0 Å². The Hall–Kier alpha value is -0.870. The van der Waals surface area contributed by atoms with E-state index in [9.17, 15) is 0 Å². The lowest BCUT2D eigenvalue weighted by molar-refractivity contribution is 0.191. The van der Waals surface area contributed by atoms with Crippen molar-refractivity contribution in [3.63, 3.8) is 0 Å². The van der Waals surface area contributed by atoms with Gasteiger partial charge in [-0.15, -0.1) is 0 Å². The van der Waals surface area contributed by atoms with Crippen LogP contribution < -0.4 is 5.32 Å². The maximum absolute atomic E-state index is 5.02. The number of hydrogen-bond acceptors (Lipinski definition) is 3. The molecular weight excluding hydrogens is 202 g/mol. The van der Waals surface area contributed by atoms with E-state index in [1.165, 1.54) is 12.8 Å². The van der Waals surface area contributed by atoms with Crippen molar-refractivity contribution in [2.24, 2.45) is 0 Å². The van der Waals surface area contributed by atoms with Crippen molar-refractivity contribution in [1.82, 2.24) is 15.1 Å². The van der Waals surface area contributed by atoms with Gasteiger partial charge in [0.1, 0.15) is 0 Å². The molecule has 1 aliphatic rings. The molecule has 1 aromatic rings. The molecule has 0 bridgehead atoms. The fourth-order valence-electron chi connectivity index (χ4n) is 1.68. The summed E-state index contributed by atoms with van der Waals surface area (Å²) in [5, 5.41) is 7.99. The van der Waals surface area contributed by atoms with E-state index in [1.807, 2.05) is 4.68 Å². The molecule has 0 unspecified atom stereocenters. The minimum absolute atomic E-state index is 0.756. The zero-order chi connectivity index (χ0) is 11.2.